The molecule has 0 atom stereocenters. The molecule has 0 aliphatic heterocycles. The highest BCUT2D eigenvalue weighted by atomic mass is 35.5. The van der Waals surface area contributed by atoms with E-state index in [0.29, 0.717) is 12.4 Å². The number of hydrogen-bond donors (Lipinski definition) is 1. The smallest absolute Gasteiger partial charge is 0.141 e. The van der Waals surface area contributed by atoms with Gasteiger partial charge in [-0.25, -0.2) is 4.39 Å². The first-order valence-electron chi connectivity index (χ1n) is 6.79. The van der Waals surface area contributed by atoms with Crippen LogP contribution in [0.3, 0.4) is 0 Å². The molecule has 4 heteroatoms. The lowest BCUT2D eigenvalue weighted by molar-refractivity contribution is 0.216. The zero-order valence-electron chi connectivity index (χ0n) is 11.2. The third-order valence-corrected chi connectivity index (χ3v) is 4.94. The predicted octanol–water partition coefficient (Wildman–Crippen LogP) is 4.76. The first kappa shape index (κ1) is 15.1. The van der Waals surface area contributed by atoms with Crippen LogP contribution in [-0.2, 0) is 6.54 Å². The van der Waals surface area contributed by atoms with Crippen LogP contribution in [0.15, 0.2) is 18.2 Å². The van der Waals surface area contributed by atoms with Gasteiger partial charge >= 0.3 is 0 Å². The van der Waals surface area contributed by atoms with Crippen molar-refractivity contribution in [1.29, 1.82) is 0 Å². The minimum atomic E-state index is -0.371. The van der Waals surface area contributed by atoms with Gasteiger partial charge in [0.05, 0.1) is 5.02 Å². The Morgan fingerprint density at radius 3 is 2.63 bits per heavy atom. The number of nitrogens with one attached hydrogen (secondary N) is 1. The fraction of sp³-hybridized carbons (Fsp3) is 0.600. The summed E-state index contributed by atoms with van der Waals surface area (Å²) < 4.78 is 13.1. The molecular weight excluding hydrogens is 284 g/mol. The van der Waals surface area contributed by atoms with Crippen LogP contribution in [0.25, 0.3) is 0 Å². The van der Waals surface area contributed by atoms with Gasteiger partial charge in [-0.1, -0.05) is 24.6 Å². The number of alkyl halides is 1. The molecule has 1 saturated carbocycles. The van der Waals surface area contributed by atoms with E-state index in [1.54, 1.807) is 12.1 Å². The van der Waals surface area contributed by atoms with Crippen molar-refractivity contribution in [3.8, 4) is 0 Å². The lowest BCUT2D eigenvalue weighted by Gasteiger charge is -2.39. The maximum Gasteiger partial charge on any atom is 0.141 e. The Kier molecular flexibility index (Phi) is 5.10. The Hall–Kier alpha value is -0.310. The standard InChI is InChI=1S/C15H20Cl2FN/c1-11-4-6-15(10-16,7-5-11)19-9-12-2-3-14(18)13(17)8-12/h2-3,8,11,19H,4-7,9-10H2,1H3. The normalized spacial score (nSPS) is 27.5. The van der Waals surface area contributed by atoms with Gasteiger partial charge in [-0.3, -0.25) is 0 Å². The summed E-state index contributed by atoms with van der Waals surface area (Å²) in [4.78, 5) is 0. The van der Waals surface area contributed by atoms with Gasteiger partial charge in [-0.15, -0.1) is 11.6 Å². The average molecular weight is 304 g/mol. The summed E-state index contributed by atoms with van der Waals surface area (Å²) >= 11 is 12.0. The van der Waals surface area contributed by atoms with E-state index in [4.69, 9.17) is 23.2 Å². The van der Waals surface area contributed by atoms with Crippen LogP contribution in [0.1, 0.15) is 38.2 Å². The highest BCUT2D eigenvalue weighted by Gasteiger charge is 2.32. The molecule has 0 saturated heterocycles. The van der Waals surface area contributed by atoms with Crippen molar-refractivity contribution in [3.05, 3.63) is 34.6 Å². The summed E-state index contributed by atoms with van der Waals surface area (Å²) in [6.45, 7) is 2.97. The van der Waals surface area contributed by atoms with E-state index in [2.05, 4.69) is 12.2 Å². The molecule has 0 amide bonds. The van der Waals surface area contributed by atoms with Crippen molar-refractivity contribution in [2.24, 2.45) is 5.92 Å². The van der Waals surface area contributed by atoms with Crippen molar-refractivity contribution in [3.63, 3.8) is 0 Å². The van der Waals surface area contributed by atoms with Crippen molar-refractivity contribution in [2.75, 3.05) is 5.88 Å². The Balaban J connectivity index is 1.97. The minimum absolute atomic E-state index is 0.0227. The molecule has 1 aliphatic carbocycles. The predicted molar refractivity (Wildman–Crippen MR) is 79.3 cm³/mol. The second kappa shape index (κ2) is 6.43. The Morgan fingerprint density at radius 1 is 1.37 bits per heavy atom. The lowest BCUT2D eigenvalue weighted by Crippen LogP contribution is -2.49. The van der Waals surface area contributed by atoms with E-state index < -0.39 is 0 Å². The van der Waals surface area contributed by atoms with Gasteiger partial charge in [0.25, 0.3) is 0 Å². The molecule has 1 aromatic rings. The van der Waals surface area contributed by atoms with Crippen LogP contribution in [0.5, 0.6) is 0 Å². The van der Waals surface area contributed by atoms with Gasteiger partial charge in [-0.2, -0.15) is 0 Å². The van der Waals surface area contributed by atoms with E-state index in [1.165, 1.54) is 18.9 Å². The molecule has 0 radical (unpaired) electrons. The van der Waals surface area contributed by atoms with Crippen LogP contribution in [-0.4, -0.2) is 11.4 Å². The zero-order valence-corrected chi connectivity index (χ0v) is 12.7. The summed E-state index contributed by atoms with van der Waals surface area (Å²) in [5, 5.41) is 3.73. The van der Waals surface area contributed by atoms with Crippen LogP contribution >= 0.6 is 23.2 Å². The molecule has 19 heavy (non-hydrogen) atoms. The second-order valence-corrected chi connectivity index (χ2v) is 6.37. The molecule has 2 rings (SSSR count). The fourth-order valence-electron chi connectivity index (χ4n) is 2.61. The summed E-state index contributed by atoms with van der Waals surface area (Å²) in [6, 6.07) is 4.86. The third-order valence-electron chi connectivity index (χ3n) is 4.14. The van der Waals surface area contributed by atoms with Gasteiger partial charge in [0, 0.05) is 18.0 Å². The van der Waals surface area contributed by atoms with Crippen LogP contribution in [0, 0.1) is 11.7 Å². The van der Waals surface area contributed by atoms with E-state index >= 15 is 0 Å². The van der Waals surface area contributed by atoms with Gasteiger partial charge in [-0.05, 0) is 49.3 Å². The van der Waals surface area contributed by atoms with Gasteiger partial charge in [0.15, 0.2) is 0 Å². The SMILES string of the molecule is CC1CCC(CCl)(NCc2ccc(F)c(Cl)c2)CC1. The summed E-state index contributed by atoms with van der Waals surface area (Å²) in [5.41, 5.74) is 1.02. The number of hydrogen-bond acceptors (Lipinski definition) is 1. The number of halogens is 3. The van der Waals surface area contributed by atoms with Crippen molar-refractivity contribution in [1.82, 2.24) is 5.32 Å². The summed E-state index contributed by atoms with van der Waals surface area (Å²) in [6.07, 6.45) is 4.63. The van der Waals surface area contributed by atoms with Crippen LogP contribution in [0.4, 0.5) is 4.39 Å². The van der Waals surface area contributed by atoms with Crippen molar-refractivity contribution < 1.29 is 4.39 Å². The largest absolute Gasteiger partial charge is 0.306 e. The molecule has 0 aromatic heterocycles. The molecule has 1 fully saturated rings. The van der Waals surface area contributed by atoms with Crippen LogP contribution in [0.2, 0.25) is 5.02 Å². The molecule has 1 aliphatic rings. The molecule has 106 valence electrons. The molecule has 0 bridgehead atoms. The number of benzene rings is 1. The zero-order chi connectivity index (χ0) is 13.9. The quantitative estimate of drug-likeness (QED) is 0.791. The summed E-state index contributed by atoms with van der Waals surface area (Å²) in [5.74, 6) is 1.04. The third kappa shape index (κ3) is 3.84. The Morgan fingerprint density at radius 2 is 2.05 bits per heavy atom. The highest BCUT2D eigenvalue weighted by Crippen LogP contribution is 2.33. The van der Waals surface area contributed by atoms with Crippen LogP contribution < -0.4 is 5.32 Å². The highest BCUT2D eigenvalue weighted by molar-refractivity contribution is 6.30. The van der Waals surface area contributed by atoms with Gasteiger partial charge in [0.1, 0.15) is 5.82 Å². The van der Waals surface area contributed by atoms with Crippen molar-refractivity contribution in [2.45, 2.75) is 44.7 Å². The molecule has 1 aromatic carbocycles. The molecule has 1 N–H and O–H groups in total. The van der Waals surface area contributed by atoms with E-state index in [1.807, 2.05) is 0 Å². The maximum atomic E-state index is 13.1. The minimum Gasteiger partial charge on any atom is -0.306 e. The van der Waals surface area contributed by atoms with Crippen molar-refractivity contribution >= 4 is 23.2 Å². The molecule has 0 unspecified atom stereocenters. The fourth-order valence-corrected chi connectivity index (χ4v) is 3.18. The van der Waals surface area contributed by atoms with E-state index in [9.17, 15) is 4.39 Å². The van der Waals surface area contributed by atoms with E-state index in [0.717, 1.165) is 24.3 Å². The average Bonchev–Trinajstić information content (AvgIpc) is 2.42. The maximum absolute atomic E-state index is 13.1. The monoisotopic (exact) mass is 303 g/mol. The molecular formula is C15H20Cl2FN. The van der Waals surface area contributed by atoms with Gasteiger partial charge in [0.2, 0.25) is 0 Å². The molecule has 1 nitrogen and oxygen atoms in total. The molecule has 0 heterocycles. The van der Waals surface area contributed by atoms with E-state index in [-0.39, 0.29) is 16.4 Å². The number of rotatable bonds is 4. The Bertz CT molecular complexity index is 428. The first-order chi connectivity index (χ1) is 9.04. The lowest BCUT2D eigenvalue weighted by atomic mass is 9.78. The molecule has 0 spiro atoms. The Labute approximate surface area is 124 Å². The summed E-state index contributed by atoms with van der Waals surface area (Å²) in [7, 11) is 0. The second-order valence-electron chi connectivity index (χ2n) is 5.70. The first-order valence-corrected chi connectivity index (χ1v) is 7.71. The topological polar surface area (TPSA) is 12.0 Å². The van der Waals surface area contributed by atoms with Gasteiger partial charge < -0.3 is 5.32 Å².